The van der Waals surface area contributed by atoms with Crippen molar-refractivity contribution >= 4 is 17.6 Å². The van der Waals surface area contributed by atoms with E-state index in [0.29, 0.717) is 12.6 Å². The van der Waals surface area contributed by atoms with Crippen molar-refractivity contribution < 1.29 is 5.11 Å². The predicted octanol–water partition coefficient (Wildman–Crippen LogP) is 3.27. The smallest absolute Gasteiger partial charge is 0.209 e. The summed E-state index contributed by atoms with van der Waals surface area (Å²) < 4.78 is 1.57. The average molecular weight is 334 g/mol. The molecular formula is C21H27BN2O. The number of hydrogen-bond acceptors (Lipinski definition) is 2. The summed E-state index contributed by atoms with van der Waals surface area (Å²) in [6.07, 6.45) is 6.02. The fraction of sp³-hybridized carbons (Fsp3) is 0.286. The highest BCUT2D eigenvalue weighted by atomic mass is 16.3. The minimum absolute atomic E-state index is 0.0139. The molecule has 0 aliphatic heterocycles. The van der Waals surface area contributed by atoms with Gasteiger partial charge >= 0.3 is 0 Å². The molecular weight excluding hydrogens is 307 g/mol. The van der Waals surface area contributed by atoms with Crippen LogP contribution in [0.25, 0.3) is 0 Å². The molecule has 0 spiro atoms. The summed E-state index contributed by atoms with van der Waals surface area (Å²) in [5.74, 6) is 0.607. The number of nitrogens with zero attached hydrogens (tertiary/aromatic N) is 2. The molecule has 3 nitrogen and oxygen atoms in total. The maximum absolute atomic E-state index is 8.35. The van der Waals surface area contributed by atoms with Crippen molar-refractivity contribution in [2.75, 3.05) is 0 Å². The molecule has 0 atom stereocenters. The molecule has 3 rings (SSSR count). The first-order valence-corrected chi connectivity index (χ1v) is 8.87. The summed E-state index contributed by atoms with van der Waals surface area (Å²) in [4.78, 5) is 3.70. The second-order valence-electron chi connectivity index (χ2n) is 6.41. The van der Waals surface area contributed by atoms with Crippen LogP contribution in [0.5, 0.6) is 0 Å². The minimum atomic E-state index is 0.0139. The Kier molecular flexibility index (Phi) is 7.49. The van der Waals surface area contributed by atoms with Crippen LogP contribution < -0.4 is 10.9 Å². The van der Waals surface area contributed by atoms with Crippen LogP contribution in [0.15, 0.2) is 73.3 Å². The van der Waals surface area contributed by atoms with Gasteiger partial charge in [0.15, 0.2) is 0 Å². The number of rotatable bonds is 5. The van der Waals surface area contributed by atoms with Crippen LogP contribution in [0.3, 0.4) is 0 Å². The van der Waals surface area contributed by atoms with Gasteiger partial charge in [-0.3, -0.25) is 0 Å². The largest absolute Gasteiger partial charge is 0.376 e. The number of benzene rings is 2. The second kappa shape index (κ2) is 9.85. The van der Waals surface area contributed by atoms with E-state index in [1.807, 2.05) is 0 Å². The van der Waals surface area contributed by atoms with Crippen LogP contribution in [-0.2, 0) is 6.73 Å². The normalized spacial score (nSPS) is 10.3. The number of aromatic nitrogens is 2. The molecule has 0 saturated heterocycles. The molecule has 0 unspecified atom stereocenters. The third-order valence-corrected chi connectivity index (χ3v) is 4.34. The Labute approximate surface area is 151 Å². The summed E-state index contributed by atoms with van der Waals surface area (Å²) in [5, 5.41) is 8.35. The Morgan fingerprint density at radius 2 is 1.64 bits per heavy atom. The van der Waals surface area contributed by atoms with Crippen molar-refractivity contribution in [3.05, 3.63) is 78.9 Å². The third kappa shape index (κ3) is 5.61. The topological polar surface area (TPSA) is 38.0 Å². The van der Waals surface area contributed by atoms with Gasteiger partial charge in [-0.25, -0.2) is 4.98 Å². The lowest BCUT2D eigenvalue weighted by Gasteiger charge is -2.14. The van der Waals surface area contributed by atoms with Gasteiger partial charge in [-0.2, -0.15) is 0 Å². The van der Waals surface area contributed by atoms with E-state index in [0.717, 1.165) is 6.32 Å². The van der Waals surface area contributed by atoms with E-state index in [4.69, 9.17) is 5.11 Å². The van der Waals surface area contributed by atoms with E-state index in [2.05, 4.69) is 80.4 Å². The maximum Gasteiger partial charge on any atom is 0.209 e. The van der Waals surface area contributed by atoms with Crippen LogP contribution in [0.1, 0.15) is 32.3 Å². The number of aliphatic hydroxyl groups is 1. The fourth-order valence-electron chi connectivity index (χ4n) is 2.83. The molecule has 1 aromatic heterocycles. The van der Waals surface area contributed by atoms with E-state index in [9.17, 15) is 0 Å². The molecule has 0 saturated carbocycles. The van der Waals surface area contributed by atoms with E-state index in [-0.39, 0.29) is 6.73 Å². The minimum Gasteiger partial charge on any atom is -0.376 e. The van der Waals surface area contributed by atoms with Gasteiger partial charge < -0.3 is 9.67 Å². The molecule has 1 N–H and O–H groups in total. The zero-order chi connectivity index (χ0) is 18.1. The molecule has 0 aliphatic rings. The maximum atomic E-state index is 8.35. The number of imidazole rings is 1. The van der Waals surface area contributed by atoms with Crippen molar-refractivity contribution in [1.29, 1.82) is 0 Å². The van der Waals surface area contributed by atoms with Crippen LogP contribution in [0.4, 0.5) is 0 Å². The summed E-state index contributed by atoms with van der Waals surface area (Å²) in [6, 6.07) is 19.9. The second-order valence-corrected chi connectivity index (χ2v) is 6.41. The van der Waals surface area contributed by atoms with Crippen LogP contribution in [0, 0.1) is 0 Å². The highest BCUT2D eigenvalue weighted by Gasteiger charge is 2.16. The van der Waals surface area contributed by atoms with Crippen molar-refractivity contribution in [2.45, 2.75) is 39.7 Å². The fourth-order valence-corrected chi connectivity index (χ4v) is 2.83. The summed E-state index contributed by atoms with van der Waals surface area (Å²) in [5.41, 5.74) is 4.26. The number of aliphatic hydroxyl groups excluding tert-OH is 1. The van der Waals surface area contributed by atoms with Crippen molar-refractivity contribution in [3.63, 3.8) is 0 Å². The quantitative estimate of drug-likeness (QED) is 0.727. The lowest BCUT2D eigenvalue weighted by molar-refractivity contribution is 0.210. The predicted molar refractivity (Wildman–Crippen MR) is 107 cm³/mol. The Morgan fingerprint density at radius 3 is 2.08 bits per heavy atom. The first-order chi connectivity index (χ1) is 12.2. The highest BCUT2D eigenvalue weighted by molar-refractivity contribution is 6.85. The van der Waals surface area contributed by atoms with E-state index in [1.54, 1.807) is 23.3 Å². The van der Waals surface area contributed by atoms with E-state index in [1.165, 1.54) is 16.5 Å². The molecule has 25 heavy (non-hydrogen) atoms. The zero-order valence-corrected chi connectivity index (χ0v) is 15.3. The molecule has 0 amide bonds. The van der Waals surface area contributed by atoms with Gasteiger partial charge in [0.25, 0.3) is 0 Å². The van der Waals surface area contributed by atoms with Crippen molar-refractivity contribution in [3.8, 4) is 0 Å². The number of hydrogen-bond donors (Lipinski definition) is 1. The molecule has 1 heterocycles. The summed E-state index contributed by atoms with van der Waals surface area (Å²) in [6.45, 7) is 7.27. The standard InChI is InChI=1S/C17H21B.C4H6N2O/c1-4-18(16-8-6-5-7-9-16)17-12-10-15(11-13-17)14(2)3;7-4-6-2-1-5-3-6/h5-14H,4H2,1-3H3;1-3,7H,4H2. The zero-order valence-electron chi connectivity index (χ0n) is 15.3. The SMILES string of the molecule is CCB(c1ccccc1)c1ccc(C(C)C)cc1.OCn1ccnc1. The molecule has 4 heteroatoms. The van der Waals surface area contributed by atoms with Crippen molar-refractivity contribution in [2.24, 2.45) is 0 Å². The lowest BCUT2D eigenvalue weighted by Crippen LogP contribution is -2.41. The van der Waals surface area contributed by atoms with Gasteiger partial charge in [0.05, 0.1) is 6.33 Å². The summed E-state index contributed by atoms with van der Waals surface area (Å²) >= 11 is 0. The monoisotopic (exact) mass is 334 g/mol. The molecule has 0 bridgehead atoms. The van der Waals surface area contributed by atoms with Gasteiger partial charge in [0.2, 0.25) is 6.71 Å². The third-order valence-electron chi connectivity index (χ3n) is 4.34. The van der Waals surface area contributed by atoms with Crippen LogP contribution in [-0.4, -0.2) is 21.4 Å². The first kappa shape index (κ1) is 19.0. The van der Waals surface area contributed by atoms with E-state index >= 15 is 0 Å². The van der Waals surface area contributed by atoms with Gasteiger partial charge in [0.1, 0.15) is 6.73 Å². The van der Waals surface area contributed by atoms with Crippen LogP contribution in [0.2, 0.25) is 6.32 Å². The highest BCUT2D eigenvalue weighted by Crippen LogP contribution is 2.12. The molecule has 0 radical (unpaired) electrons. The Hall–Kier alpha value is -2.33. The molecule has 3 aromatic rings. The van der Waals surface area contributed by atoms with Gasteiger partial charge in [-0.05, 0) is 11.5 Å². The average Bonchev–Trinajstić information content (AvgIpc) is 3.18. The molecule has 0 aliphatic carbocycles. The van der Waals surface area contributed by atoms with Crippen molar-refractivity contribution in [1.82, 2.24) is 9.55 Å². The molecule has 0 fully saturated rings. The Morgan fingerprint density at radius 1 is 1.00 bits per heavy atom. The molecule has 2 aromatic carbocycles. The molecule has 130 valence electrons. The lowest BCUT2D eigenvalue weighted by atomic mass is 9.39. The van der Waals surface area contributed by atoms with Gasteiger partial charge in [-0.1, -0.05) is 92.6 Å². The Bertz CT molecular complexity index is 709. The summed E-state index contributed by atoms with van der Waals surface area (Å²) in [7, 11) is 0. The first-order valence-electron chi connectivity index (χ1n) is 8.87. The van der Waals surface area contributed by atoms with Gasteiger partial charge in [-0.15, -0.1) is 0 Å². The van der Waals surface area contributed by atoms with E-state index < -0.39 is 0 Å². The van der Waals surface area contributed by atoms with Gasteiger partial charge in [0, 0.05) is 12.4 Å². The Balaban J connectivity index is 0.000000269. The van der Waals surface area contributed by atoms with Crippen LogP contribution >= 0.6 is 0 Å².